The molecule has 2 N–H and O–H groups in total. The first kappa shape index (κ1) is 9.93. The summed E-state index contributed by atoms with van der Waals surface area (Å²) in [6, 6.07) is 0.994. The fraction of sp³-hybridized carbons (Fsp3) is 0.900. The van der Waals surface area contributed by atoms with E-state index in [-0.39, 0.29) is 0 Å². The van der Waals surface area contributed by atoms with E-state index in [1.165, 1.54) is 0 Å². The van der Waals surface area contributed by atoms with E-state index in [0.717, 1.165) is 39.0 Å². The minimum atomic E-state index is 0.324. The Labute approximate surface area is 85.0 Å². The van der Waals surface area contributed by atoms with Crippen LogP contribution < -0.4 is 10.6 Å². The zero-order valence-corrected chi connectivity index (χ0v) is 8.75. The van der Waals surface area contributed by atoms with Gasteiger partial charge >= 0.3 is 0 Å². The van der Waals surface area contributed by atoms with Gasteiger partial charge in [-0.25, -0.2) is 0 Å². The average molecular weight is 197 g/mol. The largest absolute Gasteiger partial charge is 0.341 e. The molecule has 80 valence electrons. The topological polar surface area (TPSA) is 44.4 Å². The molecule has 0 aliphatic carbocycles. The van der Waals surface area contributed by atoms with E-state index in [4.69, 9.17) is 0 Å². The summed E-state index contributed by atoms with van der Waals surface area (Å²) in [5, 5.41) is 6.88. The van der Waals surface area contributed by atoms with E-state index in [1.807, 2.05) is 4.90 Å². The van der Waals surface area contributed by atoms with Crippen LogP contribution in [0.25, 0.3) is 0 Å². The van der Waals surface area contributed by atoms with Gasteiger partial charge in [0.2, 0.25) is 5.91 Å². The SMILES string of the molecule is CC1CNC(CN2CCCC2=O)CN1. The van der Waals surface area contributed by atoms with E-state index in [9.17, 15) is 4.79 Å². The van der Waals surface area contributed by atoms with Crippen LogP contribution in [-0.2, 0) is 4.79 Å². The van der Waals surface area contributed by atoms with Gasteiger partial charge in [0, 0.05) is 44.7 Å². The summed E-state index contributed by atoms with van der Waals surface area (Å²) in [6.45, 7) is 5.98. The lowest BCUT2D eigenvalue weighted by Gasteiger charge is -2.31. The van der Waals surface area contributed by atoms with Crippen LogP contribution in [0.3, 0.4) is 0 Å². The number of likely N-dealkylation sites (tertiary alicyclic amines) is 1. The Hall–Kier alpha value is -0.610. The third-order valence-corrected chi connectivity index (χ3v) is 3.04. The maximum atomic E-state index is 11.4. The zero-order chi connectivity index (χ0) is 9.97. The van der Waals surface area contributed by atoms with E-state index < -0.39 is 0 Å². The predicted molar refractivity (Wildman–Crippen MR) is 55.1 cm³/mol. The average Bonchev–Trinajstić information content (AvgIpc) is 2.56. The number of rotatable bonds is 2. The minimum absolute atomic E-state index is 0.324. The smallest absolute Gasteiger partial charge is 0.222 e. The molecule has 2 saturated heterocycles. The first-order valence-corrected chi connectivity index (χ1v) is 5.50. The third-order valence-electron chi connectivity index (χ3n) is 3.04. The molecule has 0 aromatic rings. The molecule has 0 aromatic heterocycles. The van der Waals surface area contributed by atoms with E-state index in [2.05, 4.69) is 17.6 Å². The van der Waals surface area contributed by atoms with Gasteiger partial charge in [-0.2, -0.15) is 0 Å². The number of carbonyl (C=O) groups is 1. The summed E-state index contributed by atoms with van der Waals surface area (Å²) in [5.41, 5.74) is 0. The van der Waals surface area contributed by atoms with Crippen molar-refractivity contribution < 1.29 is 4.79 Å². The Balaban J connectivity index is 1.77. The van der Waals surface area contributed by atoms with Crippen LogP contribution in [0.5, 0.6) is 0 Å². The number of piperazine rings is 1. The number of nitrogens with one attached hydrogen (secondary N) is 2. The van der Waals surface area contributed by atoms with Gasteiger partial charge in [-0.1, -0.05) is 0 Å². The summed E-state index contributed by atoms with van der Waals surface area (Å²) in [4.78, 5) is 13.4. The molecule has 4 heteroatoms. The molecule has 0 spiro atoms. The molecule has 2 fully saturated rings. The zero-order valence-electron chi connectivity index (χ0n) is 8.75. The van der Waals surface area contributed by atoms with Crippen LogP contribution in [0.4, 0.5) is 0 Å². The summed E-state index contributed by atoms with van der Waals surface area (Å²) in [7, 11) is 0. The molecule has 2 atom stereocenters. The molecule has 2 aliphatic rings. The van der Waals surface area contributed by atoms with Crippen LogP contribution in [0.2, 0.25) is 0 Å². The van der Waals surface area contributed by atoms with Gasteiger partial charge < -0.3 is 15.5 Å². The molecule has 4 nitrogen and oxygen atoms in total. The van der Waals surface area contributed by atoms with E-state index in [1.54, 1.807) is 0 Å². The second-order valence-electron chi connectivity index (χ2n) is 4.36. The number of amides is 1. The maximum absolute atomic E-state index is 11.4. The monoisotopic (exact) mass is 197 g/mol. The van der Waals surface area contributed by atoms with Crippen LogP contribution in [0.15, 0.2) is 0 Å². The van der Waals surface area contributed by atoms with Crippen LogP contribution in [0, 0.1) is 0 Å². The summed E-state index contributed by atoms with van der Waals surface area (Å²) in [6.07, 6.45) is 1.78. The predicted octanol–water partition coefficient (Wildman–Crippen LogP) is -0.441. The van der Waals surface area contributed by atoms with Gasteiger partial charge in [-0.05, 0) is 13.3 Å². The van der Waals surface area contributed by atoms with Crippen molar-refractivity contribution in [3.8, 4) is 0 Å². The molecule has 0 bridgehead atoms. The number of hydrogen-bond acceptors (Lipinski definition) is 3. The molecule has 2 rings (SSSR count). The van der Waals surface area contributed by atoms with Gasteiger partial charge in [0.25, 0.3) is 0 Å². The minimum Gasteiger partial charge on any atom is -0.341 e. The molecule has 0 saturated carbocycles. The van der Waals surface area contributed by atoms with Crippen LogP contribution >= 0.6 is 0 Å². The highest BCUT2D eigenvalue weighted by Crippen LogP contribution is 2.10. The standard InChI is InChI=1S/C10H19N3O/c1-8-5-12-9(6-11-8)7-13-4-2-3-10(13)14/h8-9,11-12H,2-7H2,1H3. The first-order valence-electron chi connectivity index (χ1n) is 5.50. The van der Waals surface area contributed by atoms with E-state index >= 15 is 0 Å². The van der Waals surface area contributed by atoms with Crippen LogP contribution in [0.1, 0.15) is 19.8 Å². The van der Waals surface area contributed by atoms with Crippen molar-refractivity contribution in [2.75, 3.05) is 26.2 Å². The molecule has 1 amide bonds. The molecule has 0 aromatic carbocycles. The fourth-order valence-corrected chi connectivity index (χ4v) is 2.12. The van der Waals surface area contributed by atoms with Gasteiger partial charge in [0.1, 0.15) is 0 Å². The highest BCUT2D eigenvalue weighted by Gasteiger charge is 2.25. The first-order chi connectivity index (χ1) is 6.75. The lowest BCUT2D eigenvalue weighted by atomic mass is 10.1. The van der Waals surface area contributed by atoms with E-state index in [0.29, 0.717) is 18.0 Å². The van der Waals surface area contributed by atoms with Crippen molar-refractivity contribution in [3.05, 3.63) is 0 Å². The molecule has 2 unspecified atom stereocenters. The number of hydrogen-bond donors (Lipinski definition) is 2. The number of nitrogens with zero attached hydrogens (tertiary/aromatic N) is 1. The molecule has 2 aliphatic heterocycles. The summed E-state index contributed by atoms with van der Waals surface area (Å²) >= 11 is 0. The highest BCUT2D eigenvalue weighted by molar-refractivity contribution is 5.78. The van der Waals surface area contributed by atoms with Crippen LogP contribution in [-0.4, -0.2) is 49.1 Å². The lowest BCUT2D eigenvalue weighted by molar-refractivity contribution is -0.128. The fourth-order valence-electron chi connectivity index (χ4n) is 2.12. The normalized spacial score (nSPS) is 33.8. The molecular weight excluding hydrogens is 178 g/mol. The molecule has 0 radical (unpaired) electrons. The number of carbonyl (C=O) groups excluding carboxylic acids is 1. The van der Waals surface area contributed by atoms with Crippen molar-refractivity contribution in [1.29, 1.82) is 0 Å². The third kappa shape index (κ3) is 2.25. The Morgan fingerprint density at radius 3 is 2.86 bits per heavy atom. The van der Waals surface area contributed by atoms with Crippen molar-refractivity contribution >= 4 is 5.91 Å². The van der Waals surface area contributed by atoms with Gasteiger partial charge in [-0.3, -0.25) is 4.79 Å². The summed E-state index contributed by atoms with van der Waals surface area (Å²) in [5.74, 6) is 0.324. The molecule has 2 heterocycles. The lowest BCUT2D eigenvalue weighted by Crippen LogP contribution is -2.57. The maximum Gasteiger partial charge on any atom is 0.222 e. The van der Waals surface area contributed by atoms with Crippen molar-refractivity contribution in [2.45, 2.75) is 31.8 Å². The Morgan fingerprint density at radius 2 is 2.29 bits per heavy atom. The molecule has 14 heavy (non-hydrogen) atoms. The van der Waals surface area contributed by atoms with Gasteiger partial charge in [0.05, 0.1) is 0 Å². The Bertz CT molecular complexity index is 211. The van der Waals surface area contributed by atoms with Crippen molar-refractivity contribution in [3.63, 3.8) is 0 Å². The van der Waals surface area contributed by atoms with Crippen molar-refractivity contribution in [2.24, 2.45) is 0 Å². The van der Waals surface area contributed by atoms with Gasteiger partial charge in [0.15, 0.2) is 0 Å². The Kier molecular flexibility index (Phi) is 3.03. The Morgan fingerprint density at radius 1 is 1.43 bits per heavy atom. The second-order valence-corrected chi connectivity index (χ2v) is 4.36. The van der Waals surface area contributed by atoms with Gasteiger partial charge in [-0.15, -0.1) is 0 Å². The quantitative estimate of drug-likeness (QED) is 0.631. The van der Waals surface area contributed by atoms with Crippen molar-refractivity contribution in [1.82, 2.24) is 15.5 Å². The molecular formula is C10H19N3O. The summed E-state index contributed by atoms with van der Waals surface area (Å²) < 4.78 is 0. The highest BCUT2D eigenvalue weighted by atomic mass is 16.2. The second kappa shape index (κ2) is 4.28.